The van der Waals surface area contributed by atoms with Crippen LogP contribution in [0, 0.1) is 12.3 Å². The summed E-state index contributed by atoms with van der Waals surface area (Å²) in [5, 5.41) is 5.61. The van der Waals surface area contributed by atoms with Crippen molar-refractivity contribution in [2.45, 2.75) is 26.7 Å². The van der Waals surface area contributed by atoms with E-state index in [1.807, 2.05) is 25.1 Å². The van der Waals surface area contributed by atoms with Gasteiger partial charge in [-0.1, -0.05) is 12.1 Å². The number of rotatable bonds is 5. The molecule has 0 aliphatic heterocycles. The maximum absolute atomic E-state index is 12.6. The Morgan fingerprint density at radius 1 is 0.880 bits per heavy atom. The molecule has 2 amide bonds. The van der Waals surface area contributed by atoms with Crippen LogP contribution in [-0.2, 0) is 9.59 Å². The molecule has 1 saturated carbocycles. The molecule has 128 valence electrons. The molecule has 0 aromatic heterocycles. The Bertz CT molecular complexity index is 836. The van der Waals surface area contributed by atoms with Gasteiger partial charge in [0.25, 0.3) is 0 Å². The number of nitrogens with one attached hydrogen (secondary N) is 2. The van der Waals surface area contributed by atoms with Gasteiger partial charge in [-0.15, -0.1) is 0 Å². The Morgan fingerprint density at radius 2 is 1.48 bits per heavy atom. The van der Waals surface area contributed by atoms with Gasteiger partial charge >= 0.3 is 0 Å². The van der Waals surface area contributed by atoms with E-state index in [2.05, 4.69) is 10.6 Å². The van der Waals surface area contributed by atoms with Gasteiger partial charge in [-0.25, -0.2) is 0 Å². The summed E-state index contributed by atoms with van der Waals surface area (Å²) < 4.78 is 0. The highest BCUT2D eigenvalue weighted by molar-refractivity contribution is 6.17. The molecule has 2 aromatic rings. The molecule has 5 nitrogen and oxygen atoms in total. The third-order valence-corrected chi connectivity index (χ3v) is 4.44. The summed E-state index contributed by atoms with van der Waals surface area (Å²) in [6, 6.07) is 14.1. The molecular formula is C20H20N2O3. The van der Waals surface area contributed by atoms with Crippen molar-refractivity contribution in [1.82, 2.24) is 0 Å². The maximum atomic E-state index is 12.6. The molecule has 0 saturated heterocycles. The Morgan fingerprint density at radius 3 is 2.00 bits per heavy atom. The number of Topliss-reactive ketones (excluding diaryl/α,β-unsaturated/α-hetero) is 1. The lowest BCUT2D eigenvalue weighted by Crippen LogP contribution is -2.35. The van der Waals surface area contributed by atoms with Gasteiger partial charge < -0.3 is 10.6 Å². The quantitative estimate of drug-likeness (QED) is 0.647. The van der Waals surface area contributed by atoms with E-state index in [9.17, 15) is 14.4 Å². The van der Waals surface area contributed by atoms with Crippen molar-refractivity contribution in [3.05, 3.63) is 59.7 Å². The monoisotopic (exact) mass is 336 g/mol. The van der Waals surface area contributed by atoms with Crippen molar-refractivity contribution >= 4 is 29.0 Å². The molecule has 5 heteroatoms. The van der Waals surface area contributed by atoms with E-state index in [1.54, 1.807) is 30.3 Å². The number of benzene rings is 2. The van der Waals surface area contributed by atoms with Crippen molar-refractivity contribution in [3.63, 3.8) is 0 Å². The van der Waals surface area contributed by atoms with Crippen LogP contribution in [0.15, 0.2) is 48.5 Å². The van der Waals surface area contributed by atoms with E-state index in [4.69, 9.17) is 0 Å². The van der Waals surface area contributed by atoms with Crippen LogP contribution in [0.2, 0.25) is 0 Å². The molecular weight excluding hydrogens is 316 g/mol. The molecule has 2 aromatic carbocycles. The predicted octanol–water partition coefficient (Wildman–Crippen LogP) is 3.56. The van der Waals surface area contributed by atoms with E-state index in [-0.39, 0.29) is 17.6 Å². The number of anilines is 2. The van der Waals surface area contributed by atoms with E-state index in [0.29, 0.717) is 29.8 Å². The van der Waals surface area contributed by atoms with E-state index in [1.165, 1.54) is 6.92 Å². The van der Waals surface area contributed by atoms with Gasteiger partial charge in [0.1, 0.15) is 5.41 Å². The van der Waals surface area contributed by atoms with Gasteiger partial charge in [-0.05, 0) is 68.7 Å². The fourth-order valence-corrected chi connectivity index (χ4v) is 2.69. The first-order valence-corrected chi connectivity index (χ1v) is 8.21. The number of amides is 2. The van der Waals surface area contributed by atoms with Gasteiger partial charge in [0.2, 0.25) is 11.8 Å². The predicted molar refractivity (Wildman–Crippen MR) is 96.6 cm³/mol. The number of ketones is 1. The minimum absolute atomic E-state index is 0.0333. The first-order chi connectivity index (χ1) is 11.9. The fourth-order valence-electron chi connectivity index (χ4n) is 2.69. The lowest BCUT2D eigenvalue weighted by atomic mass is 10.0. The Hall–Kier alpha value is -2.95. The van der Waals surface area contributed by atoms with Crippen LogP contribution in [-0.4, -0.2) is 17.6 Å². The molecule has 0 unspecified atom stereocenters. The number of carbonyl (C=O) groups is 3. The number of hydrogen-bond donors (Lipinski definition) is 2. The van der Waals surface area contributed by atoms with Gasteiger partial charge in [0.05, 0.1) is 0 Å². The first-order valence-electron chi connectivity index (χ1n) is 8.21. The SMILES string of the molecule is CC(=O)c1ccc(NC(=O)C2(C(=O)Nc3cccc(C)c3)CC2)cc1. The summed E-state index contributed by atoms with van der Waals surface area (Å²) in [7, 11) is 0. The summed E-state index contributed by atoms with van der Waals surface area (Å²) in [6.07, 6.45) is 1.06. The number of hydrogen-bond acceptors (Lipinski definition) is 3. The third kappa shape index (κ3) is 3.60. The highest BCUT2D eigenvalue weighted by Gasteiger charge is 2.56. The summed E-state index contributed by atoms with van der Waals surface area (Å²) in [4.78, 5) is 36.4. The fraction of sp³-hybridized carbons (Fsp3) is 0.250. The number of carbonyl (C=O) groups excluding carboxylic acids is 3. The lowest BCUT2D eigenvalue weighted by molar-refractivity contribution is -0.131. The minimum Gasteiger partial charge on any atom is -0.325 e. The molecule has 0 bridgehead atoms. The summed E-state index contributed by atoms with van der Waals surface area (Å²) in [5.41, 5.74) is 1.87. The Balaban J connectivity index is 1.68. The molecule has 1 fully saturated rings. The smallest absolute Gasteiger partial charge is 0.240 e. The van der Waals surface area contributed by atoms with E-state index >= 15 is 0 Å². The molecule has 0 spiro atoms. The zero-order valence-electron chi connectivity index (χ0n) is 14.3. The third-order valence-electron chi connectivity index (χ3n) is 4.44. The van der Waals surface area contributed by atoms with Crippen LogP contribution in [0.5, 0.6) is 0 Å². The second kappa shape index (κ2) is 6.51. The molecule has 2 N–H and O–H groups in total. The normalized spacial score (nSPS) is 14.5. The van der Waals surface area contributed by atoms with Gasteiger partial charge in [-0.3, -0.25) is 14.4 Å². The summed E-state index contributed by atoms with van der Waals surface area (Å²) >= 11 is 0. The van der Waals surface area contributed by atoms with Gasteiger partial charge in [-0.2, -0.15) is 0 Å². The largest absolute Gasteiger partial charge is 0.325 e. The van der Waals surface area contributed by atoms with Crippen LogP contribution in [0.25, 0.3) is 0 Å². The average molecular weight is 336 g/mol. The molecule has 0 atom stereocenters. The zero-order chi connectivity index (χ0) is 18.0. The van der Waals surface area contributed by atoms with E-state index in [0.717, 1.165) is 5.56 Å². The average Bonchev–Trinajstić information content (AvgIpc) is 3.37. The molecule has 1 aliphatic rings. The Kier molecular flexibility index (Phi) is 4.40. The molecule has 0 heterocycles. The Labute approximate surface area is 146 Å². The van der Waals surface area contributed by atoms with Crippen LogP contribution in [0.3, 0.4) is 0 Å². The van der Waals surface area contributed by atoms with Crippen molar-refractivity contribution in [2.24, 2.45) is 5.41 Å². The summed E-state index contributed by atoms with van der Waals surface area (Å²) in [5.74, 6) is -0.627. The topological polar surface area (TPSA) is 75.3 Å². The van der Waals surface area contributed by atoms with Crippen molar-refractivity contribution in [1.29, 1.82) is 0 Å². The maximum Gasteiger partial charge on any atom is 0.240 e. The van der Waals surface area contributed by atoms with Gasteiger partial charge in [0, 0.05) is 16.9 Å². The van der Waals surface area contributed by atoms with Crippen LogP contribution in [0.4, 0.5) is 11.4 Å². The molecule has 25 heavy (non-hydrogen) atoms. The lowest BCUT2D eigenvalue weighted by Gasteiger charge is -2.16. The minimum atomic E-state index is -1.01. The van der Waals surface area contributed by atoms with Crippen molar-refractivity contribution in [3.8, 4) is 0 Å². The molecule has 3 rings (SSSR count). The number of aryl methyl sites for hydroxylation is 1. The van der Waals surface area contributed by atoms with Crippen LogP contribution in [0.1, 0.15) is 35.7 Å². The second-order valence-corrected chi connectivity index (χ2v) is 6.49. The standard InChI is InChI=1S/C20H20N2O3/c1-13-4-3-5-17(12-13)22-19(25)20(10-11-20)18(24)21-16-8-6-15(7-9-16)14(2)23/h3-9,12H,10-11H2,1-2H3,(H,21,24)(H,22,25). The van der Waals surface area contributed by atoms with Crippen LogP contribution >= 0.6 is 0 Å². The van der Waals surface area contributed by atoms with E-state index < -0.39 is 5.41 Å². The highest BCUT2D eigenvalue weighted by atomic mass is 16.2. The van der Waals surface area contributed by atoms with Crippen LogP contribution < -0.4 is 10.6 Å². The first kappa shape index (κ1) is 16.9. The van der Waals surface area contributed by atoms with Crippen molar-refractivity contribution < 1.29 is 14.4 Å². The van der Waals surface area contributed by atoms with Crippen molar-refractivity contribution in [2.75, 3.05) is 10.6 Å². The molecule has 0 radical (unpaired) electrons. The second-order valence-electron chi connectivity index (χ2n) is 6.49. The molecule has 1 aliphatic carbocycles. The highest BCUT2D eigenvalue weighted by Crippen LogP contribution is 2.47. The zero-order valence-corrected chi connectivity index (χ0v) is 14.3. The summed E-state index contributed by atoms with van der Waals surface area (Å²) in [6.45, 7) is 3.43. The van der Waals surface area contributed by atoms with Gasteiger partial charge in [0.15, 0.2) is 5.78 Å².